The molecule has 3 rings (SSSR count). The van der Waals surface area contributed by atoms with Crippen LogP contribution in [0.2, 0.25) is 0 Å². The highest BCUT2D eigenvalue weighted by Gasteiger charge is 2.04. The lowest BCUT2D eigenvalue weighted by Crippen LogP contribution is -2.20. The summed E-state index contributed by atoms with van der Waals surface area (Å²) in [5.74, 6) is 5.39. The SMILES string of the molecule is NNc1ccnc(Cn2c(=O)ccc3ccccc32)c1. The molecule has 2 aromatic heterocycles. The Morgan fingerprint density at radius 2 is 2.00 bits per heavy atom. The molecule has 0 saturated heterocycles. The summed E-state index contributed by atoms with van der Waals surface area (Å²) in [5.41, 5.74) is 4.97. The van der Waals surface area contributed by atoms with E-state index >= 15 is 0 Å². The highest BCUT2D eigenvalue weighted by molar-refractivity contribution is 5.78. The van der Waals surface area contributed by atoms with Crippen LogP contribution in [0.15, 0.2) is 59.5 Å². The molecule has 0 atom stereocenters. The van der Waals surface area contributed by atoms with Gasteiger partial charge in [-0.1, -0.05) is 18.2 Å². The van der Waals surface area contributed by atoms with Crippen molar-refractivity contribution in [3.8, 4) is 0 Å². The number of para-hydroxylation sites is 1. The molecular formula is C15H14N4O. The molecule has 1 aromatic carbocycles. The molecule has 5 heteroatoms. The minimum absolute atomic E-state index is 0.0448. The van der Waals surface area contributed by atoms with Crippen LogP contribution >= 0.6 is 0 Å². The van der Waals surface area contributed by atoms with Gasteiger partial charge in [0.15, 0.2) is 0 Å². The zero-order chi connectivity index (χ0) is 13.9. The monoisotopic (exact) mass is 266 g/mol. The summed E-state index contributed by atoms with van der Waals surface area (Å²) < 4.78 is 1.71. The van der Waals surface area contributed by atoms with Crippen molar-refractivity contribution in [2.75, 3.05) is 5.43 Å². The molecule has 0 amide bonds. The Morgan fingerprint density at radius 1 is 1.15 bits per heavy atom. The van der Waals surface area contributed by atoms with Crippen molar-refractivity contribution in [3.05, 3.63) is 70.8 Å². The lowest BCUT2D eigenvalue weighted by molar-refractivity contribution is 0.771. The summed E-state index contributed by atoms with van der Waals surface area (Å²) in [5, 5.41) is 1.03. The predicted molar refractivity (Wildman–Crippen MR) is 79.4 cm³/mol. The molecule has 100 valence electrons. The second-order valence-corrected chi connectivity index (χ2v) is 4.50. The van der Waals surface area contributed by atoms with Crippen molar-refractivity contribution >= 4 is 16.6 Å². The van der Waals surface area contributed by atoms with E-state index < -0.39 is 0 Å². The van der Waals surface area contributed by atoms with Crippen molar-refractivity contribution in [2.45, 2.75) is 6.54 Å². The molecule has 0 aliphatic heterocycles. The number of nitrogens with one attached hydrogen (secondary N) is 1. The van der Waals surface area contributed by atoms with E-state index in [2.05, 4.69) is 10.4 Å². The van der Waals surface area contributed by atoms with E-state index in [1.807, 2.05) is 36.4 Å². The van der Waals surface area contributed by atoms with Crippen LogP contribution in [-0.2, 0) is 6.54 Å². The van der Waals surface area contributed by atoms with Gasteiger partial charge in [-0.2, -0.15) is 0 Å². The number of benzene rings is 1. The number of hydrogen-bond acceptors (Lipinski definition) is 4. The Balaban J connectivity index is 2.10. The van der Waals surface area contributed by atoms with Crippen LogP contribution < -0.4 is 16.8 Å². The number of hydrogen-bond donors (Lipinski definition) is 2. The number of nitrogen functional groups attached to an aromatic ring is 1. The lowest BCUT2D eigenvalue weighted by Gasteiger charge is -2.10. The van der Waals surface area contributed by atoms with Crippen LogP contribution in [0.25, 0.3) is 10.9 Å². The fourth-order valence-electron chi connectivity index (χ4n) is 2.22. The van der Waals surface area contributed by atoms with Crippen molar-refractivity contribution < 1.29 is 0 Å². The topological polar surface area (TPSA) is 72.9 Å². The summed E-state index contributed by atoms with van der Waals surface area (Å²) in [6.07, 6.45) is 1.67. The van der Waals surface area contributed by atoms with E-state index in [4.69, 9.17) is 5.84 Å². The molecular weight excluding hydrogens is 252 g/mol. The largest absolute Gasteiger partial charge is 0.324 e. The van der Waals surface area contributed by atoms with Crippen LogP contribution in [0, 0.1) is 0 Å². The highest BCUT2D eigenvalue weighted by atomic mass is 16.1. The Morgan fingerprint density at radius 3 is 2.85 bits per heavy atom. The van der Waals surface area contributed by atoms with Gasteiger partial charge >= 0.3 is 0 Å². The van der Waals surface area contributed by atoms with E-state index in [1.54, 1.807) is 22.9 Å². The fourth-order valence-corrected chi connectivity index (χ4v) is 2.22. The first kappa shape index (κ1) is 12.4. The van der Waals surface area contributed by atoms with E-state index in [9.17, 15) is 4.79 Å². The molecule has 3 aromatic rings. The lowest BCUT2D eigenvalue weighted by atomic mass is 10.2. The molecule has 0 bridgehead atoms. The fraction of sp³-hybridized carbons (Fsp3) is 0.0667. The molecule has 0 aliphatic rings. The molecule has 5 nitrogen and oxygen atoms in total. The molecule has 0 saturated carbocycles. The number of fused-ring (bicyclic) bond motifs is 1. The number of hydrazine groups is 1. The molecule has 0 fully saturated rings. The summed E-state index contributed by atoms with van der Waals surface area (Å²) in [6.45, 7) is 0.412. The van der Waals surface area contributed by atoms with E-state index in [-0.39, 0.29) is 5.56 Å². The summed E-state index contributed by atoms with van der Waals surface area (Å²) in [6, 6.07) is 14.8. The van der Waals surface area contributed by atoms with Gasteiger partial charge in [0.1, 0.15) is 0 Å². The van der Waals surface area contributed by atoms with E-state index in [0.29, 0.717) is 6.54 Å². The van der Waals surface area contributed by atoms with Crippen molar-refractivity contribution in [2.24, 2.45) is 5.84 Å². The zero-order valence-electron chi connectivity index (χ0n) is 10.8. The van der Waals surface area contributed by atoms with Gasteiger partial charge in [0.2, 0.25) is 0 Å². The average Bonchev–Trinajstić information content (AvgIpc) is 2.50. The number of nitrogens with zero attached hydrogens (tertiary/aromatic N) is 2. The maximum atomic E-state index is 12.1. The van der Waals surface area contributed by atoms with Crippen LogP contribution in [0.4, 0.5) is 5.69 Å². The van der Waals surface area contributed by atoms with Gasteiger partial charge in [-0.3, -0.25) is 15.6 Å². The number of pyridine rings is 2. The third-order valence-corrected chi connectivity index (χ3v) is 3.20. The first-order valence-electron chi connectivity index (χ1n) is 6.28. The van der Waals surface area contributed by atoms with Crippen LogP contribution in [0.5, 0.6) is 0 Å². The van der Waals surface area contributed by atoms with Gasteiger partial charge in [0.05, 0.1) is 23.4 Å². The number of anilines is 1. The zero-order valence-corrected chi connectivity index (χ0v) is 10.8. The second kappa shape index (κ2) is 5.14. The first-order chi connectivity index (χ1) is 9.78. The minimum atomic E-state index is -0.0448. The van der Waals surface area contributed by atoms with Gasteiger partial charge in [0, 0.05) is 12.3 Å². The van der Waals surface area contributed by atoms with Crippen LogP contribution in [0.1, 0.15) is 5.69 Å². The van der Waals surface area contributed by atoms with Gasteiger partial charge < -0.3 is 9.99 Å². The van der Waals surface area contributed by atoms with Crippen molar-refractivity contribution in [1.82, 2.24) is 9.55 Å². The van der Waals surface area contributed by atoms with Crippen molar-refractivity contribution in [3.63, 3.8) is 0 Å². The third kappa shape index (κ3) is 2.26. The first-order valence-corrected chi connectivity index (χ1v) is 6.28. The van der Waals surface area contributed by atoms with Gasteiger partial charge in [-0.15, -0.1) is 0 Å². The Kier molecular flexibility index (Phi) is 3.18. The Hall–Kier alpha value is -2.66. The van der Waals surface area contributed by atoms with Crippen LogP contribution in [0.3, 0.4) is 0 Å². The summed E-state index contributed by atoms with van der Waals surface area (Å²) >= 11 is 0. The average molecular weight is 266 g/mol. The maximum absolute atomic E-state index is 12.1. The standard InChI is InChI=1S/C15H14N4O/c16-18-12-7-8-17-13(9-12)10-19-14-4-2-1-3-11(14)5-6-15(19)20/h1-9H,10,16H2,(H,17,18). The molecule has 0 radical (unpaired) electrons. The van der Waals surface area contributed by atoms with Crippen molar-refractivity contribution in [1.29, 1.82) is 0 Å². The number of aromatic nitrogens is 2. The Labute approximate surface area is 115 Å². The maximum Gasteiger partial charge on any atom is 0.251 e. The second-order valence-electron chi connectivity index (χ2n) is 4.50. The molecule has 20 heavy (non-hydrogen) atoms. The normalized spacial score (nSPS) is 10.7. The number of nitrogens with two attached hydrogens (primary N) is 1. The van der Waals surface area contributed by atoms with Gasteiger partial charge in [-0.25, -0.2) is 0 Å². The molecule has 0 spiro atoms. The number of rotatable bonds is 3. The van der Waals surface area contributed by atoms with Gasteiger partial charge in [0.25, 0.3) is 5.56 Å². The third-order valence-electron chi connectivity index (χ3n) is 3.20. The van der Waals surface area contributed by atoms with Gasteiger partial charge in [-0.05, 0) is 29.7 Å². The van der Waals surface area contributed by atoms with E-state index in [0.717, 1.165) is 22.3 Å². The quantitative estimate of drug-likeness (QED) is 0.559. The minimum Gasteiger partial charge on any atom is -0.324 e. The predicted octanol–water partition coefficient (Wildman–Crippen LogP) is 1.73. The molecule has 0 aliphatic carbocycles. The summed E-state index contributed by atoms with van der Waals surface area (Å²) in [4.78, 5) is 16.4. The smallest absolute Gasteiger partial charge is 0.251 e. The molecule has 0 unspecified atom stereocenters. The highest BCUT2D eigenvalue weighted by Crippen LogP contribution is 2.13. The molecule has 2 heterocycles. The van der Waals surface area contributed by atoms with E-state index in [1.165, 1.54) is 0 Å². The molecule has 3 N–H and O–H groups in total. The summed E-state index contributed by atoms with van der Waals surface area (Å²) in [7, 11) is 0. The Bertz CT molecular complexity index is 810. The van der Waals surface area contributed by atoms with Crippen LogP contribution in [-0.4, -0.2) is 9.55 Å².